The van der Waals surface area contributed by atoms with Gasteiger partial charge in [-0.25, -0.2) is 4.98 Å². The van der Waals surface area contributed by atoms with Crippen LogP contribution in [0.1, 0.15) is 35.2 Å². The third-order valence-corrected chi connectivity index (χ3v) is 4.84. The topological polar surface area (TPSA) is 64.2 Å². The van der Waals surface area contributed by atoms with Crippen LogP contribution in [0.15, 0.2) is 48.8 Å². The van der Waals surface area contributed by atoms with Gasteiger partial charge in [-0.2, -0.15) is 0 Å². The summed E-state index contributed by atoms with van der Waals surface area (Å²) in [5.41, 5.74) is 9.37. The average molecular weight is 334 g/mol. The van der Waals surface area contributed by atoms with Crippen molar-refractivity contribution in [3.63, 3.8) is 0 Å². The Balaban J connectivity index is 1.67. The van der Waals surface area contributed by atoms with Gasteiger partial charge in [-0.05, 0) is 49.1 Å². The summed E-state index contributed by atoms with van der Waals surface area (Å²) in [5.74, 6) is 0.0898. The van der Waals surface area contributed by atoms with Gasteiger partial charge in [0.25, 0.3) is 5.91 Å². The van der Waals surface area contributed by atoms with Crippen molar-refractivity contribution in [2.45, 2.75) is 25.8 Å². The zero-order valence-electron chi connectivity index (χ0n) is 14.2. The number of nitrogens with two attached hydrogens (primary N) is 1. The van der Waals surface area contributed by atoms with E-state index in [0.717, 1.165) is 48.2 Å². The van der Waals surface area contributed by atoms with Crippen molar-refractivity contribution in [2.75, 3.05) is 13.1 Å². The highest BCUT2D eigenvalue weighted by Gasteiger charge is 2.19. The summed E-state index contributed by atoms with van der Waals surface area (Å²) < 4.78 is 2.03. The third-order valence-electron chi connectivity index (χ3n) is 4.84. The number of fused-ring (bicyclic) bond motifs is 1. The first-order chi connectivity index (χ1) is 12.3. The molecular formula is C20H22N4O. The molecule has 128 valence electrons. The normalized spacial score (nSPS) is 14.8. The smallest absolute Gasteiger partial charge is 0.255 e. The fourth-order valence-electron chi connectivity index (χ4n) is 3.46. The Labute approximate surface area is 147 Å². The number of pyridine rings is 1. The Hall–Kier alpha value is -2.66. The molecule has 0 saturated carbocycles. The van der Waals surface area contributed by atoms with Crippen LogP contribution < -0.4 is 5.73 Å². The molecule has 5 heteroatoms. The lowest BCUT2D eigenvalue weighted by Crippen LogP contribution is -2.35. The predicted molar refractivity (Wildman–Crippen MR) is 98.7 cm³/mol. The minimum absolute atomic E-state index is 0.0898. The van der Waals surface area contributed by atoms with Crippen LogP contribution in [0.4, 0.5) is 0 Å². The van der Waals surface area contributed by atoms with Crippen molar-refractivity contribution in [3.05, 3.63) is 59.9 Å². The van der Waals surface area contributed by atoms with E-state index in [1.165, 1.54) is 6.42 Å². The van der Waals surface area contributed by atoms with Gasteiger partial charge in [0.1, 0.15) is 5.65 Å². The second-order valence-corrected chi connectivity index (χ2v) is 6.55. The Morgan fingerprint density at radius 2 is 1.96 bits per heavy atom. The molecule has 4 rings (SSSR count). The number of carbonyl (C=O) groups excluding carboxylic acids is 1. The number of likely N-dealkylation sites (tertiary alicyclic amines) is 1. The molecule has 2 aromatic heterocycles. The molecular weight excluding hydrogens is 312 g/mol. The summed E-state index contributed by atoms with van der Waals surface area (Å²) in [4.78, 5) is 19.2. The van der Waals surface area contributed by atoms with Gasteiger partial charge >= 0.3 is 0 Å². The van der Waals surface area contributed by atoms with Crippen molar-refractivity contribution in [1.29, 1.82) is 0 Å². The van der Waals surface area contributed by atoms with E-state index < -0.39 is 0 Å². The van der Waals surface area contributed by atoms with Crippen molar-refractivity contribution in [3.8, 4) is 5.69 Å². The van der Waals surface area contributed by atoms with Gasteiger partial charge < -0.3 is 15.2 Å². The molecule has 1 saturated heterocycles. The molecule has 0 unspecified atom stereocenters. The summed E-state index contributed by atoms with van der Waals surface area (Å²) >= 11 is 0. The first-order valence-electron chi connectivity index (χ1n) is 8.82. The molecule has 1 aliphatic rings. The Morgan fingerprint density at radius 1 is 1.12 bits per heavy atom. The van der Waals surface area contributed by atoms with Crippen LogP contribution in [0, 0.1) is 0 Å². The zero-order valence-corrected chi connectivity index (χ0v) is 14.2. The molecule has 0 radical (unpaired) electrons. The van der Waals surface area contributed by atoms with E-state index in [-0.39, 0.29) is 5.91 Å². The summed E-state index contributed by atoms with van der Waals surface area (Å²) in [6.07, 6.45) is 7.08. The van der Waals surface area contributed by atoms with Crippen LogP contribution in [0.5, 0.6) is 0 Å². The van der Waals surface area contributed by atoms with Crippen molar-refractivity contribution in [1.82, 2.24) is 14.5 Å². The maximum Gasteiger partial charge on any atom is 0.255 e. The van der Waals surface area contributed by atoms with Crippen LogP contribution in [0.3, 0.4) is 0 Å². The molecule has 1 aromatic carbocycles. The van der Waals surface area contributed by atoms with Crippen LogP contribution >= 0.6 is 0 Å². The maximum absolute atomic E-state index is 12.7. The van der Waals surface area contributed by atoms with Crippen molar-refractivity contribution >= 4 is 16.9 Å². The van der Waals surface area contributed by atoms with Crippen molar-refractivity contribution < 1.29 is 4.79 Å². The van der Waals surface area contributed by atoms with E-state index in [1.807, 2.05) is 46.0 Å². The molecule has 0 aliphatic carbocycles. The van der Waals surface area contributed by atoms with Crippen molar-refractivity contribution in [2.24, 2.45) is 5.73 Å². The molecule has 3 aromatic rings. The van der Waals surface area contributed by atoms with Gasteiger partial charge in [-0.3, -0.25) is 4.79 Å². The Morgan fingerprint density at radius 3 is 2.76 bits per heavy atom. The Bertz CT molecular complexity index is 909. The van der Waals surface area contributed by atoms with Gasteiger partial charge in [-0.1, -0.05) is 12.1 Å². The van der Waals surface area contributed by atoms with Crippen LogP contribution in [0.25, 0.3) is 16.7 Å². The predicted octanol–water partition coefficient (Wildman–Crippen LogP) is 3.11. The van der Waals surface area contributed by atoms with Crippen LogP contribution in [-0.2, 0) is 6.54 Å². The summed E-state index contributed by atoms with van der Waals surface area (Å²) in [6, 6.07) is 12.1. The number of amides is 1. The molecule has 1 fully saturated rings. The summed E-state index contributed by atoms with van der Waals surface area (Å²) in [7, 11) is 0. The fourth-order valence-corrected chi connectivity index (χ4v) is 3.46. The highest BCUT2D eigenvalue weighted by molar-refractivity contribution is 5.97. The first kappa shape index (κ1) is 15.8. The largest absolute Gasteiger partial charge is 0.339 e. The lowest BCUT2D eigenvalue weighted by molar-refractivity contribution is 0.0724. The van der Waals surface area contributed by atoms with E-state index in [0.29, 0.717) is 12.1 Å². The Kier molecular flexibility index (Phi) is 4.24. The van der Waals surface area contributed by atoms with Crippen LogP contribution in [-0.4, -0.2) is 33.4 Å². The number of aromatic nitrogens is 2. The monoisotopic (exact) mass is 334 g/mol. The van der Waals surface area contributed by atoms with E-state index in [2.05, 4.69) is 11.1 Å². The molecule has 1 amide bonds. The molecule has 0 bridgehead atoms. The standard InChI is InChI=1S/C20H22N4O/c21-13-15-5-4-6-18(11-15)24-10-7-16-12-17(14-22-19(16)24)20(25)23-8-2-1-3-9-23/h4-7,10-12,14H,1-3,8-9,13,21H2. The van der Waals surface area contributed by atoms with Crippen LogP contribution in [0.2, 0.25) is 0 Å². The first-order valence-corrected chi connectivity index (χ1v) is 8.82. The van der Waals surface area contributed by atoms with Gasteiger partial charge in [-0.15, -0.1) is 0 Å². The number of rotatable bonds is 3. The highest BCUT2D eigenvalue weighted by atomic mass is 16.2. The molecule has 25 heavy (non-hydrogen) atoms. The molecule has 0 atom stereocenters. The molecule has 3 heterocycles. The van der Waals surface area contributed by atoms with E-state index in [9.17, 15) is 4.79 Å². The minimum Gasteiger partial charge on any atom is -0.339 e. The molecule has 2 N–H and O–H groups in total. The maximum atomic E-state index is 12.7. The van der Waals surface area contributed by atoms with E-state index in [4.69, 9.17) is 5.73 Å². The summed E-state index contributed by atoms with van der Waals surface area (Å²) in [5, 5.41) is 0.973. The van der Waals surface area contributed by atoms with E-state index in [1.54, 1.807) is 6.20 Å². The fraction of sp³-hybridized carbons (Fsp3) is 0.300. The SMILES string of the molecule is NCc1cccc(-n2ccc3cc(C(=O)N4CCCCC4)cnc32)c1. The van der Waals surface area contributed by atoms with E-state index >= 15 is 0 Å². The number of nitrogens with zero attached hydrogens (tertiary/aromatic N) is 3. The molecule has 1 aliphatic heterocycles. The number of benzene rings is 1. The number of hydrogen-bond donors (Lipinski definition) is 1. The quantitative estimate of drug-likeness (QED) is 0.800. The summed E-state index contributed by atoms with van der Waals surface area (Å²) in [6.45, 7) is 2.21. The zero-order chi connectivity index (χ0) is 17.2. The highest BCUT2D eigenvalue weighted by Crippen LogP contribution is 2.22. The second-order valence-electron chi connectivity index (χ2n) is 6.55. The number of carbonyl (C=O) groups is 1. The molecule has 5 nitrogen and oxygen atoms in total. The van der Waals surface area contributed by atoms with Gasteiger partial charge in [0.2, 0.25) is 0 Å². The number of piperidine rings is 1. The minimum atomic E-state index is 0.0898. The third kappa shape index (κ3) is 3.03. The van der Waals surface area contributed by atoms with Gasteiger partial charge in [0.05, 0.1) is 5.56 Å². The van der Waals surface area contributed by atoms with Gasteiger partial charge in [0.15, 0.2) is 0 Å². The lowest BCUT2D eigenvalue weighted by Gasteiger charge is -2.26. The number of hydrogen-bond acceptors (Lipinski definition) is 3. The molecule has 0 spiro atoms. The lowest BCUT2D eigenvalue weighted by atomic mass is 10.1. The average Bonchev–Trinajstić information content (AvgIpc) is 3.11. The second kappa shape index (κ2) is 6.69. The van der Waals surface area contributed by atoms with Gasteiger partial charge in [0, 0.05) is 43.1 Å².